The quantitative estimate of drug-likeness (QED) is 0.868. The van der Waals surface area contributed by atoms with Crippen LogP contribution in [0.25, 0.3) is 11.5 Å². The summed E-state index contributed by atoms with van der Waals surface area (Å²) in [5.74, 6) is 1.17. The highest BCUT2D eigenvalue weighted by atomic mass is 127. The maximum absolute atomic E-state index is 5.86. The van der Waals surface area contributed by atoms with Gasteiger partial charge in [-0.25, -0.2) is 9.97 Å². The van der Waals surface area contributed by atoms with Gasteiger partial charge in [0.25, 0.3) is 0 Å². The molecular formula is C11H14IN5. The third-order valence-electron chi connectivity index (χ3n) is 2.42. The van der Waals surface area contributed by atoms with E-state index in [2.05, 4.69) is 44.6 Å². The van der Waals surface area contributed by atoms with Gasteiger partial charge in [-0.1, -0.05) is 6.92 Å². The van der Waals surface area contributed by atoms with E-state index in [1.165, 1.54) is 0 Å². The van der Waals surface area contributed by atoms with Gasteiger partial charge in [0.2, 0.25) is 0 Å². The molecule has 2 aromatic heterocycles. The van der Waals surface area contributed by atoms with E-state index in [4.69, 9.17) is 5.73 Å². The van der Waals surface area contributed by atoms with E-state index in [0.29, 0.717) is 11.6 Å². The van der Waals surface area contributed by atoms with Gasteiger partial charge >= 0.3 is 0 Å². The summed E-state index contributed by atoms with van der Waals surface area (Å²) in [6, 6.07) is 1.91. The molecule has 0 saturated carbocycles. The molecule has 0 fully saturated rings. The molecule has 2 rings (SSSR count). The van der Waals surface area contributed by atoms with Crippen LogP contribution in [0, 0.1) is 10.5 Å². The van der Waals surface area contributed by atoms with Crippen LogP contribution in [-0.4, -0.2) is 19.7 Å². The summed E-state index contributed by atoms with van der Waals surface area (Å²) in [5, 5.41) is 4.26. The molecular weight excluding hydrogens is 329 g/mol. The largest absolute Gasteiger partial charge is 0.383 e. The third-order valence-corrected chi connectivity index (χ3v) is 3.76. The second-order valence-corrected chi connectivity index (χ2v) is 4.85. The molecule has 2 aromatic rings. The van der Waals surface area contributed by atoms with Crippen LogP contribution >= 0.6 is 22.6 Å². The van der Waals surface area contributed by atoms with Crippen molar-refractivity contribution in [2.45, 2.75) is 26.8 Å². The minimum atomic E-state index is 0.525. The zero-order valence-electron chi connectivity index (χ0n) is 9.81. The number of nitrogens with two attached hydrogens (primary N) is 1. The van der Waals surface area contributed by atoms with Crippen LogP contribution in [0.15, 0.2) is 12.3 Å². The van der Waals surface area contributed by atoms with Crippen molar-refractivity contribution < 1.29 is 0 Å². The van der Waals surface area contributed by atoms with E-state index in [-0.39, 0.29) is 0 Å². The average molecular weight is 343 g/mol. The van der Waals surface area contributed by atoms with Crippen LogP contribution in [0.5, 0.6) is 0 Å². The van der Waals surface area contributed by atoms with Gasteiger partial charge in [0, 0.05) is 12.7 Å². The van der Waals surface area contributed by atoms with E-state index in [1.807, 2.05) is 17.7 Å². The molecule has 17 heavy (non-hydrogen) atoms. The molecule has 0 spiro atoms. The van der Waals surface area contributed by atoms with Crippen LogP contribution in [0.3, 0.4) is 0 Å². The molecule has 0 amide bonds. The van der Waals surface area contributed by atoms with Gasteiger partial charge in [0.1, 0.15) is 11.5 Å². The van der Waals surface area contributed by atoms with Gasteiger partial charge in [-0.05, 0) is 42.0 Å². The molecule has 5 nitrogen and oxygen atoms in total. The van der Waals surface area contributed by atoms with E-state index >= 15 is 0 Å². The van der Waals surface area contributed by atoms with Crippen molar-refractivity contribution in [1.29, 1.82) is 0 Å². The maximum Gasteiger partial charge on any atom is 0.180 e. The second kappa shape index (κ2) is 4.99. The van der Waals surface area contributed by atoms with Crippen LogP contribution in [0.4, 0.5) is 5.82 Å². The van der Waals surface area contributed by atoms with E-state index in [1.54, 1.807) is 6.20 Å². The van der Waals surface area contributed by atoms with Crippen molar-refractivity contribution in [2.75, 3.05) is 5.73 Å². The molecule has 0 unspecified atom stereocenters. The Kier molecular flexibility index (Phi) is 3.60. The van der Waals surface area contributed by atoms with Gasteiger partial charge in [-0.2, -0.15) is 5.10 Å². The predicted molar refractivity (Wildman–Crippen MR) is 75.4 cm³/mol. The molecule has 0 aliphatic carbocycles. The summed E-state index contributed by atoms with van der Waals surface area (Å²) < 4.78 is 2.81. The lowest BCUT2D eigenvalue weighted by atomic mass is 10.3. The van der Waals surface area contributed by atoms with Crippen LogP contribution in [0.1, 0.15) is 19.0 Å². The number of nitrogen functional groups attached to an aromatic ring is 1. The number of aromatic nitrogens is 4. The summed E-state index contributed by atoms with van der Waals surface area (Å²) in [6.07, 6.45) is 2.78. The number of hydrogen-bond donors (Lipinski definition) is 1. The molecule has 0 radical (unpaired) electrons. The number of nitrogens with zero attached hydrogens (tertiary/aromatic N) is 4. The Labute approximate surface area is 114 Å². The minimum absolute atomic E-state index is 0.525. The van der Waals surface area contributed by atoms with E-state index in [9.17, 15) is 0 Å². The zero-order chi connectivity index (χ0) is 12.4. The lowest BCUT2D eigenvalue weighted by Crippen LogP contribution is -2.07. The SMILES string of the molecule is CCCn1nccc1-c1nc(C)c(I)c(N)n1. The summed E-state index contributed by atoms with van der Waals surface area (Å²) in [6.45, 7) is 4.90. The van der Waals surface area contributed by atoms with Crippen molar-refractivity contribution in [3.05, 3.63) is 21.5 Å². The van der Waals surface area contributed by atoms with Crippen LogP contribution < -0.4 is 5.73 Å². The van der Waals surface area contributed by atoms with Gasteiger partial charge in [-0.15, -0.1) is 0 Å². The summed E-state index contributed by atoms with van der Waals surface area (Å²) in [5.41, 5.74) is 7.68. The van der Waals surface area contributed by atoms with Gasteiger partial charge < -0.3 is 5.73 Å². The van der Waals surface area contributed by atoms with E-state index < -0.39 is 0 Å². The van der Waals surface area contributed by atoms with Crippen molar-refractivity contribution >= 4 is 28.4 Å². The Morgan fingerprint density at radius 1 is 1.41 bits per heavy atom. The third kappa shape index (κ3) is 2.41. The normalized spacial score (nSPS) is 10.8. The van der Waals surface area contributed by atoms with E-state index in [0.717, 1.165) is 27.9 Å². The predicted octanol–water partition coefficient (Wildman–Crippen LogP) is 2.25. The molecule has 0 atom stereocenters. The number of hydrogen-bond acceptors (Lipinski definition) is 4. The highest BCUT2D eigenvalue weighted by molar-refractivity contribution is 14.1. The Bertz CT molecular complexity index is 511. The van der Waals surface area contributed by atoms with Crippen molar-refractivity contribution in [3.63, 3.8) is 0 Å². The van der Waals surface area contributed by atoms with Crippen LogP contribution in [0.2, 0.25) is 0 Å². The number of aryl methyl sites for hydroxylation is 2. The minimum Gasteiger partial charge on any atom is -0.383 e. The average Bonchev–Trinajstić information content (AvgIpc) is 2.74. The fraction of sp³-hybridized carbons (Fsp3) is 0.364. The highest BCUT2D eigenvalue weighted by Crippen LogP contribution is 2.21. The summed E-state index contributed by atoms with van der Waals surface area (Å²) in [7, 11) is 0. The first-order chi connectivity index (χ1) is 8.13. The Morgan fingerprint density at radius 3 is 2.82 bits per heavy atom. The molecule has 0 aromatic carbocycles. The summed E-state index contributed by atoms with van der Waals surface area (Å²) in [4.78, 5) is 8.78. The number of halogens is 1. The van der Waals surface area contributed by atoms with Crippen molar-refractivity contribution in [1.82, 2.24) is 19.7 Å². The Hall–Kier alpha value is -1.18. The molecule has 6 heteroatoms. The molecule has 90 valence electrons. The first kappa shape index (κ1) is 12.3. The van der Waals surface area contributed by atoms with Gasteiger partial charge in [0.15, 0.2) is 5.82 Å². The Balaban J connectivity index is 2.49. The summed E-state index contributed by atoms with van der Waals surface area (Å²) >= 11 is 2.16. The molecule has 2 heterocycles. The Morgan fingerprint density at radius 2 is 2.18 bits per heavy atom. The molecule has 2 N–H and O–H groups in total. The lowest BCUT2D eigenvalue weighted by molar-refractivity contribution is 0.606. The van der Waals surface area contributed by atoms with Crippen molar-refractivity contribution in [2.24, 2.45) is 0 Å². The highest BCUT2D eigenvalue weighted by Gasteiger charge is 2.11. The standard InChI is InChI=1S/C11H14IN5/c1-3-6-17-8(4-5-14-17)11-15-7(2)9(12)10(13)16-11/h4-5H,3,6H2,1-2H3,(H2,13,15,16). The lowest BCUT2D eigenvalue weighted by Gasteiger charge is -2.07. The second-order valence-electron chi connectivity index (χ2n) is 3.77. The molecule has 0 aliphatic rings. The molecule has 0 aliphatic heterocycles. The fourth-order valence-corrected chi connectivity index (χ4v) is 1.85. The fourth-order valence-electron chi connectivity index (χ4n) is 1.61. The van der Waals surface area contributed by atoms with Gasteiger partial charge in [0.05, 0.1) is 9.26 Å². The topological polar surface area (TPSA) is 69.6 Å². The van der Waals surface area contributed by atoms with Gasteiger partial charge in [-0.3, -0.25) is 4.68 Å². The first-order valence-electron chi connectivity index (χ1n) is 5.45. The molecule has 0 saturated heterocycles. The maximum atomic E-state index is 5.86. The molecule has 0 bridgehead atoms. The number of rotatable bonds is 3. The monoisotopic (exact) mass is 343 g/mol. The van der Waals surface area contributed by atoms with Crippen molar-refractivity contribution in [3.8, 4) is 11.5 Å². The zero-order valence-corrected chi connectivity index (χ0v) is 12.0. The van der Waals surface area contributed by atoms with Crippen LogP contribution in [-0.2, 0) is 6.54 Å². The smallest absolute Gasteiger partial charge is 0.180 e. The first-order valence-corrected chi connectivity index (χ1v) is 6.53. The number of anilines is 1.